The van der Waals surface area contributed by atoms with Gasteiger partial charge in [-0.15, -0.1) is 0 Å². The number of thioether (sulfide) groups is 1. The molecule has 0 spiro atoms. The number of rotatable bonds is 3. The normalized spacial score (nSPS) is 9.76. The monoisotopic (exact) mass is 251 g/mol. The zero-order valence-corrected chi connectivity index (χ0v) is 10.5. The van der Waals surface area contributed by atoms with E-state index in [2.05, 4.69) is 5.32 Å². The summed E-state index contributed by atoms with van der Waals surface area (Å²) in [7, 11) is 0. The van der Waals surface area contributed by atoms with Crippen molar-refractivity contribution in [2.24, 2.45) is 0 Å². The number of carbonyl (C=O) groups excluding carboxylic acids is 3. The van der Waals surface area contributed by atoms with E-state index in [4.69, 9.17) is 0 Å². The van der Waals surface area contributed by atoms with Crippen LogP contribution in [0.1, 0.15) is 19.4 Å². The predicted molar refractivity (Wildman–Crippen MR) is 65.5 cm³/mol. The standard InChI is InChI=1S/C12H13NO3S/c1-8(14)13-12(16)7-10-3-5-11(6-4-10)17-9(2)15/h3-6H,7H2,1-2H3,(H,13,14,16). The lowest BCUT2D eigenvalue weighted by atomic mass is 10.1. The van der Waals surface area contributed by atoms with Crippen molar-refractivity contribution in [3.05, 3.63) is 29.8 Å². The molecule has 17 heavy (non-hydrogen) atoms. The minimum Gasteiger partial charge on any atom is -0.296 e. The molecule has 2 amide bonds. The molecule has 1 N–H and O–H groups in total. The molecule has 90 valence electrons. The first kappa shape index (κ1) is 13.4. The quantitative estimate of drug-likeness (QED) is 0.827. The summed E-state index contributed by atoms with van der Waals surface area (Å²) in [4.78, 5) is 33.6. The fourth-order valence-corrected chi connectivity index (χ4v) is 1.87. The van der Waals surface area contributed by atoms with Crippen molar-refractivity contribution in [1.29, 1.82) is 0 Å². The molecular formula is C12H13NO3S. The maximum atomic E-state index is 11.3. The Balaban J connectivity index is 2.59. The molecule has 1 aromatic rings. The zero-order valence-electron chi connectivity index (χ0n) is 9.65. The smallest absolute Gasteiger partial charge is 0.230 e. The Kier molecular flexibility index (Phi) is 4.90. The molecule has 5 heteroatoms. The molecule has 0 radical (unpaired) electrons. The van der Waals surface area contributed by atoms with Crippen molar-refractivity contribution < 1.29 is 14.4 Å². The van der Waals surface area contributed by atoms with Gasteiger partial charge in [-0.3, -0.25) is 19.7 Å². The topological polar surface area (TPSA) is 63.2 Å². The van der Waals surface area contributed by atoms with Gasteiger partial charge >= 0.3 is 0 Å². The summed E-state index contributed by atoms with van der Waals surface area (Å²) in [5.74, 6) is -0.691. The lowest BCUT2D eigenvalue weighted by Gasteiger charge is -2.02. The van der Waals surface area contributed by atoms with E-state index >= 15 is 0 Å². The number of benzene rings is 1. The minimum atomic E-state index is -0.362. The third-order valence-electron chi connectivity index (χ3n) is 1.87. The Labute approximate surface area is 104 Å². The molecule has 0 bridgehead atoms. The summed E-state index contributed by atoms with van der Waals surface area (Å²) >= 11 is 1.14. The number of nitrogens with one attached hydrogen (secondary N) is 1. The fraction of sp³-hybridized carbons (Fsp3) is 0.250. The van der Waals surface area contributed by atoms with Crippen molar-refractivity contribution in [2.45, 2.75) is 25.2 Å². The third-order valence-corrected chi connectivity index (χ3v) is 2.66. The van der Waals surface area contributed by atoms with Gasteiger partial charge in [0.1, 0.15) is 0 Å². The predicted octanol–water partition coefficient (Wildman–Crippen LogP) is 1.53. The number of hydrogen-bond acceptors (Lipinski definition) is 4. The summed E-state index contributed by atoms with van der Waals surface area (Å²) in [5.41, 5.74) is 0.802. The van der Waals surface area contributed by atoms with Crippen LogP contribution in [0.4, 0.5) is 0 Å². The SMILES string of the molecule is CC(=O)NC(=O)Cc1ccc(SC(C)=O)cc1. The van der Waals surface area contributed by atoms with Crippen LogP contribution in [0, 0.1) is 0 Å². The summed E-state index contributed by atoms with van der Waals surface area (Å²) in [6.45, 7) is 2.80. The second-order valence-electron chi connectivity index (χ2n) is 3.52. The van der Waals surface area contributed by atoms with Crippen molar-refractivity contribution in [2.75, 3.05) is 0 Å². The first-order chi connectivity index (χ1) is 7.97. The summed E-state index contributed by atoms with van der Waals surface area (Å²) in [5, 5.41) is 2.22. The first-order valence-electron chi connectivity index (χ1n) is 5.05. The molecule has 0 aliphatic carbocycles. The average Bonchev–Trinajstić information content (AvgIpc) is 2.18. The highest BCUT2D eigenvalue weighted by Gasteiger charge is 2.05. The molecule has 0 unspecified atom stereocenters. The number of hydrogen-bond donors (Lipinski definition) is 1. The van der Waals surface area contributed by atoms with Gasteiger partial charge < -0.3 is 0 Å². The van der Waals surface area contributed by atoms with E-state index in [1.807, 2.05) is 0 Å². The largest absolute Gasteiger partial charge is 0.296 e. The van der Waals surface area contributed by atoms with E-state index in [1.54, 1.807) is 24.3 Å². The van der Waals surface area contributed by atoms with Crippen LogP contribution >= 0.6 is 11.8 Å². The number of carbonyl (C=O) groups is 3. The number of imide groups is 1. The summed E-state index contributed by atoms with van der Waals surface area (Å²) in [6, 6.07) is 7.10. The van der Waals surface area contributed by atoms with E-state index in [-0.39, 0.29) is 23.4 Å². The maximum absolute atomic E-state index is 11.3. The highest BCUT2D eigenvalue weighted by atomic mass is 32.2. The van der Waals surface area contributed by atoms with Crippen molar-refractivity contribution >= 4 is 28.7 Å². The lowest BCUT2D eigenvalue weighted by Crippen LogP contribution is -2.29. The van der Waals surface area contributed by atoms with Gasteiger partial charge in [0.2, 0.25) is 11.8 Å². The Bertz CT molecular complexity index is 440. The van der Waals surface area contributed by atoms with Crippen LogP contribution in [0.5, 0.6) is 0 Å². The molecule has 0 heterocycles. The maximum Gasteiger partial charge on any atom is 0.230 e. The minimum absolute atomic E-state index is 0.0204. The molecule has 0 aliphatic rings. The molecule has 1 aromatic carbocycles. The van der Waals surface area contributed by atoms with Crippen LogP contribution in [-0.2, 0) is 20.8 Å². The Morgan fingerprint density at radius 1 is 1.12 bits per heavy atom. The molecule has 1 rings (SSSR count). The molecule has 0 saturated heterocycles. The second-order valence-corrected chi connectivity index (χ2v) is 4.77. The van der Waals surface area contributed by atoms with Crippen LogP contribution in [-0.4, -0.2) is 16.9 Å². The van der Waals surface area contributed by atoms with E-state index < -0.39 is 0 Å². The molecule has 0 aromatic heterocycles. The van der Waals surface area contributed by atoms with Crippen molar-refractivity contribution in [1.82, 2.24) is 5.32 Å². The van der Waals surface area contributed by atoms with E-state index in [1.165, 1.54) is 13.8 Å². The molecule has 0 aliphatic heterocycles. The van der Waals surface area contributed by atoms with Crippen LogP contribution in [0.2, 0.25) is 0 Å². The van der Waals surface area contributed by atoms with Crippen molar-refractivity contribution in [3.8, 4) is 0 Å². The molecule has 4 nitrogen and oxygen atoms in total. The highest BCUT2D eigenvalue weighted by molar-refractivity contribution is 8.13. The lowest BCUT2D eigenvalue weighted by molar-refractivity contribution is -0.128. The fourth-order valence-electron chi connectivity index (χ4n) is 1.27. The van der Waals surface area contributed by atoms with Gasteiger partial charge in [-0.05, 0) is 17.7 Å². The number of amides is 2. The first-order valence-corrected chi connectivity index (χ1v) is 5.87. The van der Waals surface area contributed by atoms with Crippen LogP contribution < -0.4 is 5.32 Å². The Hall–Kier alpha value is -1.62. The Morgan fingerprint density at radius 3 is 2.18 bits per heavy atom. The van der Waals surface area contributed by atoms with E-state index in [0.717, 1.165) is 22.2 Å². The molecule has 0 saturated carbocycles. The van der Waals surface area contributed by atoms with Crippen LogP contribution in [0.15, 0.2) is 29.2 Å². The molecule has 0 atom stereocenters. The molecule has 0 fully saturated rings. The summed E-state index contributed by atoms with van der Waals surface area (Å²) < 4.78 is 0. The Morgan fingerprint density at radius 2 is 1.71 bits per heavy atom. The van der Waals surface area contributed by atoms with E-state index in [0.29, 0.717) is 0 Å². The van der Waals surface area contributed by atoms with Gasteiger partial charge in [-0.25, -0.2) is 0 Å². The highest BCUT2D eigenvalue weighted by Crippen LogP contribution is 2.18. The molecular weight excluding hydrogens is 238 g/mol. The zero-order chi connectivity index (χ0) is 12.8. The van der Waals surface area contributed by atoms with Gasteiger partial charge in [0, 0.05) is 18.7 Å². The third kappa shape index (κ3) is 5.31. The van der Waals surface area contributed by atoms with Crippen LogP contribution in [0.3, 0.4) is 0 Å². The van der Waals surface area contributed by atoms with Crippen molar-refractivity contribution in [3.63, 3.8) is 0 Å². The average molecular weight is 251 g/mol. The van der Waals surface area contributed by atoms with Gasteiger partial charge in [-0.2, -0.15) is 0 Å². The van der Waals surface area contributed by atoms with Gasteiger partial charge in [0.05, 0.1) is 6.42 Å². The van der Waals surface area contributed by atoms with Gasteiger partial charge in [0.25, 0.3) is 0 Å². The second kappa shape index (κ2) is 6.20. The van der Waals surface area contributed by atoms with E-state index in [9.17, 15) is 14.4 Å². The summed E-state index contributed by atoms with van der Waals surface area (Å²) in [6.07, 6.45) is 0.157. The van der Waals surface area contributed by atoms with Crippen LogP contribution in [0.25, 0.3) is 0 Å². The van der Waals surface area contributed by atoms with Gasteiger partial charge in [-0.1, -0.05) is 23.9 Å². The van der Waals surface area contributed by atoms with Gasteiger partial charge in [0.15, 0.2) is 5.12 Å².